The number of carbonyl (C=O) groups is 1. The summed E-state index contributed by atoms with van der Waals surface area (Å²) in [6, 6.07) is 7.62. The topological polar surface area (TPSA) is 82.1 Å². The van der Waals surface area contributed by atoms with E-state index in [1.165, 1.54) is 17.7 Å². The Balaban J connectivity index is 1.69. The molecular weight excluding hydrogens is 388 g/mol. The van der Waals surface area contributed by atoms with Crippen molar-refractivity contribution in [2.45, 2.75) is 57.9 Å². The number of nitrogens with zero attached hydrogens (tertiary/aromatic N) is 3. The van der Waals surface area contributed by atoms with E-state index < -0.39 is 5.97 Å². The van der Waals surface area contributed by atoms with Crippen LogP contribution in [0.15, 0.2) is 30.3 Å². The normalized spacial score (nSPS) is 23.2. The zero-order chi connectivity index (χ0) is 21.8. The molecule has 1 aliphatic carbocycles. The van der Waals surface area contributed by atoms with Crippen molar-refractivity contribution >= 4 is 28.9 Å². The lowest BCUT2D eigenvalue weighted by molar-refractivity contribution is 0.0697. The second-order valence-corrected chi connectivity index (χ2v) is 9.26. The van der Waals surface area contributed by atoms with Crippen molar-refractivity contribution in [3.63, 3.8) is 0 Å². The molecule has 160 valence electrons. The molecule has 1 aromatic carbocycles. The number of H-pyrrole nitrogens is 1. The van der Waals surface area contributed by atoms with Gasteiger partial charge in [-0.2, -0.15) is 0 Å². The monoisotopic (exact) mass is 416 g/mol. The summed E-state index contributed by atoms with van der Waals surface area (Å²) in [4.78, 5) is 27.4. The van der Waals surface area contributed by atoms with Gasteiger partial charge in [0.25, 0.3) is 0 Å². The van der Waals surface area contributed by atoms with Gasteiger partial charge in [-0.1, -0.05) is 13.0 Å². The van der Waals surface area contributed by atoms with Gasteiger partial charge in [0.15, 0.2) is 5.82 Å². The van der Waals surface area contributed by atoms with Gasteiger partial charge in [0.05, 0.1) is 22.3 Å². The molecule has 2 N–H and O–H groups in total. The Morgan fingerprint density at radius 3 is 2.84 bits per heavy atom. The Bertz CT molecular complexity index is 1210. The van der Waals surface area contributed by atoms with Crippen LogP contribution in [0.25, 0.3) is 17.1 Å². The Hall–Kier alpha value is -3.15. The number of aromatic carboxylic acids is 1. The summed E-state index contributed by atoms with van der Waals surface area (Å²) >= 11 is 0. The molecule has 5 rings (SSSR count). The fraction of sp³-hybridized carbons (Fsp3) is 0.400. The number of rotatable bonds is 3. The van der Waals surface area contributed by atoms with Crippen LogP contribution >= 0.6 is 0 Å². The van der Waals surface area contributed by atoms with E-state index in [4.69, 9.17) is 9.97 Å². The SMILES string of the molecule is Cc1cc2c([nH]1)C=CC(C)(c1nc3ccc(C(=O)O)cc3nc1N1CCCC[C@@H]1C)C2. The maximum Gasteiger partial charge on any atom is 0.335 e. The molecule has 0 saturated carbocycles. The number of carboxylic acid groups (broad SMARTS) is 1. The summed E-state index contributed by atoms with van der Waals surface area (Å²) in [5.74, 6) is -0.0525. The third-order valence-electron chi connectivity index (χ3n) is 6.75. The number of fused-ring (bicyclic) bond motifs is 2. The standard InChI is InChI=1S/C25H28N4O2/c1-15-12-18-14-25(3,10-9-19(18)26-15)22-23(29-11-5-4-6-16(29)2)28-21-13-17(24(30)31)7-8-20(21)27-22/h7-10,12-13,16,26H,4-6,11,14H2,1-3H3,(H,30,31)/t16-,25?/m0/s1. The summed E-state index contributed by atoms with van der Waals surface area (Å²) in [5, 5.41) is 9.43. The Labute approximate surface area is 182 Å². The molecule has 0 radical (unpaired) electrons. The minimum absolute atomic E-state index is 0.239. The predicted molar refractivity (Wildman–Crippen MR) is 123 cm³/mol. The number of piperidine rings is 1. The van der Waals surface area contributed by atoms with Gasteiger partial charge in [0.1, 0.15) is 0 Å². The molecule has 6 heteroatoms. The van der Waals surface area contributed by atoms with Crippen LogP contribution in [0.4, 0.5) is 5.82 Å². The molecule has 1 aliphatic heterocycles. The van der Waals surface area contributed by atoms with Crippen LogP contribution in [0, 0.1) is 6.92 Å². The molecular formula is C25H28N4O2. The molecule has 6 nitrogen and oxygen atoms in total. The van der Waals surface area contributed by atoms with E-state index in [1.54, 1.807) is 18.2 Å². The first-order chi connectivity index (χ1) is 14.8. The molecule has 2 aliphatic rings. The number of nitrogens with one attached hydrogen (secondary N) is 1. The zero-order valence-corrected chi connectivity index (χ0v) is 18.3. The Morgan fingerprint density at radius 1 is 1.23 bits per heavy atom. The number of allylic oxidation sites excluding steroid dienone is 1. The minimum Gasteiger partial charge on any atom is -0.478 e. The average molecular weight is 417 g/mol. The van der Waals surface area contributed by atoms with E-state index in [0.717, 1.165) is 48.5 Å². The van der Waals surface area contributed by atoms with Crippen molar-refractivity contribution in [2.24, 2.45) is 0 Å². The number of aryl methyl sites for hydroxylation is 1. The summed E-state index contributed by atoms with van der Waals surface area (Å²) < 4.78 is 0. The number of benzene rings is 1. The molecule has 31 heavy (non-hydrogen) atoms. The molecule has 2 aromatic heterocycles. The van der Waals surface area contributed by atoms with Gasteiger partial charge < -0.3 is 15.0 Å². The van der Waals surface area contributed by atoms with Crippen molar-refractivity contribution < 1.29 is 9.90 Å². The number of carboxylic acids is 1. The second kappa shape index (κ2) is 7.22. The van der Waals surface area contributed by atoms with Crippen molar-refractivity contribution in [3.8, 4) is 0 Å². The van der Waals surface area contributed by atoms with Crippen LogP contribution in [0.2, 0.25) is 0 Å². The maximum atomic E-state index is 11.5. The third-order valence-corrected chi connectivity index (χ3v) is 6.75. The van der Waals surface area contributed by atoms with Crippen LogP contribution < -0.4 is 4.90 Å². The number of aromatic nitrogens is 3. The lowest BCUT2D eigenvalue weighted by atomic mass is 9.76. The highest BCUT2D eigenvalue weighted by Crippen LogP contribution is 2.40. The van der Waals surface area contributed by atoms with Crippen molar-refractivity contribution in [1.82, 2.24) is 15.0 Å². The van der Waals surface area contributed by atoms with E-state index in [-0.39, 0.29) is 11.0 Å². The van der Waals surface area contributed by atoms with Crippen molar-refractivity contribution in [1.29, 1.82) is 0 Å². The Morgan fingerprint density at radius 2 is 2.06 bits per heavy atom. The van der Waals surface area contributed by atoms with Gasteiger partial charge in [0.2, 0.25) is 0 Å². The van der Waals surface area contributed by atoms with Gasteiger partial charge in [-0.3, -0.25) is 0 Å². The molecule has 0 amide bonds. The molecule has 3 aromatic rings. The van der Waals surface area contributed by atoms with E-state index >= 15 is 0 Å². The summed E-state index contributed by atoms with van der Waals surface area (Å²) in [7, 11) is 0. The minimum atomic E-state index is -0.946. The molecule has 0 bridgehead atoms. The first-order valence-corrected chi connectivity index (χ1v) is 11.0. The molecule has 1 saturated heterocycles. The van der Waals surface area contributed by atoms with Crippen LogP contribution in [0.3, 0.4) is 0 Å². The van der Waals surface area contributed by atoms with E-state index in [9.17, 15) is 9.90 Å². The lowest BCUT2D eigenvalue weighted by Gasteiger charge is -2.38. The average Bonchev–Trinajstić information content (AvgIpc) is 3.11. The lowest BCUT2D eigenvalue weighted by Crippen LogP contribution is -2.40. The third kappa shape index (κ3) is 3.40. The fourth-order valence-corrected chi connectivity index (χ4v) is 5.02. The predicted octanol–water partition coefficient (Wildman–Crippen LogP) is 4.87. The molecule has 2 atom stereocenters. The number of hydrogen-bond donors (Lipinski definition) is 2. The van der Waals surface area contributed by atoms with Crippen molar-refractivity contribution in [2.75, 3.05) is 11.4 Å². The van der Waals surface area contributed by atoms with Crippen LogP contribution in [0.5, 0.6) is 0 Å². The van der Waals surface area contributed by atoms with E-state index in [2.05, 4.69) is 48.9 Å². The molecule has 1 fully saturated rings. The number of aromatic amines is 1. The van der Waals surface area contributed by atoms with E-state index in [0.29, 0.717) is 11.6 Å². The number of hydrogen-bond acceptors (Lipinski definition) is 4. The quantitative estimate of drug-likeness (QED) is 0.636. The highest BCUT2D eigenvalue weighted by atomic mass is 16.4. The maximum absolute atomic E-state index is 11.5. The van der Waals surface area contributed by atoms with Gasteiger partial charge in [0, 0.05) is 29.4 Å². The summed E-state index contributed by atoms with van der Waals surface area (Å²) in [5.41, 5.74) is 5.92. The molecule has 1 unspecified atom stereocenters. The zero-order valence-electron chi connectivity index (χ0n) is 18.3. The van der Waals surface area contributed by atoms with Crippen LogP contribution in [-0.2, 0) is 11.8 Å². The van der Waals surface area contributed by atoms with Gasteiger partial charge in [-0.05, 0) is 75.4 Å². The largest absolute Gasteiger partial charge is 0.478 e. The smallest absolute Gasteiger partial charge is 0.335 e. The highest BCUT2D eigenvalue weighted by molar-refractivity contribution is 5.92. The first kappa shape index (κ1) is 19.8. The summed E-state index contributed by atoms with van der Waals surface area (Å²) in [6.45, 7) is 7.50. The van der Waals surface area contributed by atoms with Crippen molar-refractivity contribution in [3.05, 3.63) is 58.6 Å². The molecule has 3 heterocycles. The van der Waals surface area contributed by atoms with Gasteiger partial charge in [-0.15, -0.1) is 0 Å². The summed E-state index contributed by atoms with van der Waals surface area (Å²) in [6.07, 6.45) is 8.74. The van der Waals surface area contributed by atoms with Crippen LogP contribution in [-0.4, -0.2) is 38.6 Å². The second-order valence-electron chi connectivity index (χ2n) is 9.26. The fourth-order valence-electron chi connectivity index (χ4n) is 5.02. The van der Waals surface area contributed by atoms with Crippen LogP contribution in [0.1, 0.15) is 66.1 Å². The van der Waals surface area contributed by atoms with Gasteiger partial charge in [-0.25, -0.2) is 14.8 Å². The number of anilines is 1. The molecule has 0 spiro atoms. The van der Waals surface area contributed by atoms with E-state index in [1.807, 2.05) is 0 Å². The highest BCUT2D eigenvalue weighted by Gasteiger charge is 2.36. The van der Waals surface area contributed by atoms with Gasteiger partial charge >= 0.3 is 5.97 Å². The first-order valence-electron chi connectivity index (χ1n) is 11.0. The Kier molecular flexibility index (Phi) is 4.61.